The van der Waals surface area contributed by atoms with Crippen LogP contribution in [0.15, 0.2) is 66.7 Å². The first-order chi connectivity index (χ1) is 20.1. The number of rotatable bonds is 6. The second-order valence-electron chi connectivity index (χ2n) is 9.69. The number of carbonyl (C=O) groups is 2. The topological polar surface area (TPSA) is 120 Å². The first-order valence-electron chi connectivity index (χ1n) is 12.9. The Hall–Kier alpha value is -4.12. The molecule has 3 aromatic carbocycles. The summed E-state index contributed by atoms with van der Waals surface area (Å²) >= 11 is 18.7. The lowest BCUT2D eigenvalue weighted by molar-refractivity contribution is -0.384. The number of hydrogen-bond donors (Lipinski definition) is 1. The molecule has 0 aliphatic carbocycles. The molecule has 216 valence electrons. The minimum atomic E-state index is -0.560. The number of nitro benzene ring substituents is 1. The lowest BCUT2D eigenvalue weighted by Gasteiger charge is -2.31. The molecule has 0 atom stereocenters. The molecular formula is C29H24Cl3N5O5. The molecular weight excluding hydrogens is 605 g/mol. The molecule has 0 spiro atoms. The highest BCUT2D eigenvalue weighted by Crippen LogP contribution is 2.33. The first-order valence-corrected chi connectivity index (χ1v) is 14.1. The van der Waals surface area contributed by atoms with E-state index in [9.17, 15) is 19.7 Å². The minimum absolute atomic E-state index is 0.0945. The SMILES string of the molecule is Cc1c(C(=O)NC2CCN(C(=O)Oc3ccc([N+](=O)[O-])cc3)CC2)nn(-c2ccc(Cl)cc2Cl)c1-c1ccc(Cl)cc1. The molecule has 5 rings (SSSR count). The molecule has 42 heavy (non-hydrogen) atoms. The second kappa shape index (κ2) is 12.4. The van der Waals surface area contributed by atoms with Gasteiger partial charge in [0.05, 0.1) is 21.3 Å². The summed E-state index contributed by atoms with van der Waals surface area (Å²) < 4.78 is 6.98. The fourth-order valence-electron chi connectivity index (χ4n) is 4.75. The third kappa shape index (κ3) is 6.35. The standard InChI is InChI=1S/C29H24Cl3N5O5/c1-17-26(34-36(25-11-6-20(31)16-24(25)32)27(17)18-2-4-19(30)5-3-18)28(38)33-21-12-14-35(15-13-21)29(39)42-23-9-7-22(8-10-23)37(40)41/h2-11,16,21H,12-15H2,1H3,(H,33,38). The Kier molecular flexibility index (Phi) is 8.67. The summed E-state index contributed by atoms with van der Waals surface area (Å²) in [5.74, 6) is -0.136. The Balaban J connectivity index is 1.29. The third-order valence-corrected chi connectivity index (χ3v) is 7.72. The van der Waals surface area contributed by atoms with E-state index in [0.29, 0.717) is 57.9 Å². The summed E-state index contributed by atoms with van der Waals surface area (Å²) in [5.41, 5.74) is 2.85. The summed E-state index contributed by atoms with van der Waals surface area (Å²) in [6.07, 6.45) is 0.456. The van der Waals surface area contributed by atoms with Gasteiger partial charge in [-0.25, -0.2) is 9.48 Å². The highest BCUT2D eigenvalue weighted by molar-refractivity contribution is 6.35. The third-order valence-electron chi connectivity index (χ3n) is 6.93. The van der Waals surface area contributed by atoms with Crippen molar-refractivity contribution in [1.82, 2.24) is 20.0 Å². The summed E-state index contributed by atoms with van der Waals surface area (Å²) in [5, 5.41) is 20.0. The molecule has 4 aromatic rings. The molecule has 0 radical (unpaired) electrons. The van der Waals surface area contributed by atoms with Gasteiger partial charge in [0.2, 0.25) is 0 Å². The number of likely N-dealkylation sites (tertiary alicyclic amines) is 1. The van der Waals surface area contributed by atoms with E-state index < -0.39 is 11.0 Å². The lowest BCUT2D eigenvalue weighted by Crippen LogP contribution is -2.47. The molecule has 0 bridgehead atoms. The van der Waals surface area contributed by atoms with E-state index in [2.05, 4.69) is 10.4 Å². The van der Waals surface area contributed by atoms with Crippen molar-refractivity contribution in [3.8, 4) is 22.7 Å². The Bertz CT molecular complexity index is 1650. The maximum atomic E-state index is 13.5. The summed E-state index contributed by atoms with van der Waals surface area (Å²) in [4.78, 5) is 37.9. The average Bonchev–Trinajstić information content (AvgIpc) is 3.30. The Labute approximate surface area is 255 Å². The number of nitrogens with zero attached hydrogens (tertiary/aromatic N) is 4. The molecule has 1 aliphatic rings. The second-order valence-corrected chi connectivity index (χ2v) is 11.0. The van der Waals surface area contributed by atoms with Crippen LogP contribution in [0, 0.1) is 17.0 Å². The van der Waals surface area contributed by atoms with Crippen LogP contribution in [-0.4, -0.2) is 50.7 Å². The zero-order valence-corrected chi connectivity index (χ0v) is 24.5. The molecule has 1 N–H and O–H groups in total. The van der Waals surface area contributed by atoms with Crippen LogP contribution in [0.1, 0.15) is 28.9 Å². The van der Waals surface area contributed by atoms with Crippen molar-refractivity contribution in [3.05, 3.63) is 103 Å². The van der Waals surface area contributed by atoms with Gasteiger partial charge in [-0.15, -0.1) is 0 Å². The van der Waals surface area contributed by atoms with Crippen LogP contribution in [0.3, 0.4) is 0 Å². The van der Waals surface area contributed by atoms with Gasteiger partial charge in [0, 0.05) is 52.4 Å². The van der Waals surface area contributed by atoms with E-state index in [-0.39, 0.29) is 29.1 Å². The molecule has 1 aromatic heterocycles. The maximum Gasteiger partial charge on any atom is 0.415 e. The Morgan fingerprint density at radius 2 is 1.62 bits per heavy atom. The molecule has 1 fully saturated rings. The molecule has 0 unspecified atom stereocenters. The number of ether oxygens (including phenoxy) is 1. The van der Waals surface area contributed by atoms with E-state index in [1.54, 1.807) is 35.0 Å². The predicted octanol–water partition coefficient (Wildman–Crippen LogP) is 7.11. The van der Waals surface area contributed by atoms with Gasteiger partial charge in [0.25, 0.3) is 11.6 Å². The quantitative estimate of drug-likeness (QED) is 0.180. The van der Waals surface area contributed by atoms with Crippen LogP contribution < -0.4 is 10.1 Å². The number of non-ortho nitro benzene ring substituents is 1. The number of carbonyl (C=O) groups excluding carboxylic acids is 2. The molecule has 1 saturated heterocycles. The largest absolute Gasteiger partial charge is 0.415 e. The lowest BCUT2D eigenvalue weighted by atomic mass is 10.0. The van der Waals surface area contributed by atoms with Crippen LogP contribution >= 0.6 is 34.8 Å². The van der Waals surface area contributed by atoms with Crippen molar-refractivity contribution in [2.45, 2.75) is 25.8 Å². The van der Waals surface area contributed by atoms with Crippen LogP contribution in [0.25, 0.3) is 16.9 Å². The van der Waals surface area contributed by atoms with Crippen molar-refractivity contribution in [1.29, 1.82) is 0 Å². The molecule has 13 heteroatoms. The van der Waals surface area contributed by atoms with E-state index >= 15 is 0 Å². The first kappa shape index (κ1) is 29.4. The number of hydrogen-bond acceptors (Lipinski definition) is 6. The number of nitro groups is 1. The smallest absolute Gasteiger partial charge is 0.410 e. The summed E-state index contributed by atoms with van der Waals surface area (Å²) in [7, 11) is 0. The van der Waals surface area contributed by atoms with Gasteiger partial charge in [-0.1, -0.05) is 46.9 Å². The van der Waals surface area contributed by atoms with Gasteiger partial charge in [-0.3, -0.25) is 14.9 Å². The van der Waals surface area contributed by atoms with Crippen molar-refractivity contribution in [3.63, 3.8) is 0 Å². The zero-order chi connectivity index (χ0) is 30.0. The van der Waals surface area contributed by atoms with E-state index in [1.807, 2.05) is 19.1 Å². The summed E-state index contributed by atoms with van der Waals surface area (Å²) in [6.45, 7) is 2.55. The molecule has 2 amide bonds. The number of piperidine rings is 1. The van der Waals surface area contributed by atoms with E-state index in [0.717, 1.165) is 5.56 Å². The van der Waals surface area contributed by atoms with E-state index in [1.165, 1.54) is 29.2 Å². The minimum Gasteiger partial charge on any atom is -0.410 e. The van der Waals surface area contributed by atoms with Gasteiger partial charge in [-0.2, -0.15) is 5.10 Å². The van der Waals surface area contributed by atoms with Crippen LogP contribution in [0.4, 0.5) is 10.5 Å². The van der Waals surface area contributed by atoms with Gasteiger partial charge in [0.1, 0.15) is 5.75 Å². The predicted molar refractivity (Wildman–Crippen MR) is 160 cm³/mol. The van der Waals surface area contributed by atoms with Crippen molar-refractivity contribution < 1.29 is 19.2 Å². The number of benzene rings is 3. The summed E-state index contributed by atoms with van der Waals surface area (Å²) in [6, 6.07) is 17.4. The number of halogens is 3. The maximum absolute atomic E-state index is 13.5. The average molecular weight is 629 g/mol. The monoisotopic (exact) mass is 627 g/mol. The van der Waals surface area contributed by atoms with E-state index in [4.69, 9.17) is 39.5 Å². The number of amides is 2. The van der Waals surface area contributed by atoms with Crippen molar-refractivity contribution in [2.24, 2.45) is 0 Å². The normalized spacial score (nSPS) is 13.6. The van der Waals surface area contributed by atoms with Crippen molar-refractivity contribution in [2.75, 3.05) is 13.1 Å². The Morgan fingerprint density at radius 1 is 0.976 bits per heavy atom. The fraction of sp³-hybridized carbons (Fsp3) is 0.207. The van der Waals surface area contributed by atoms with Gasteiger partial charge < -0.3 is 15.0 Å². The van der Waals surface area contributed by atoms with Crippen molar-refractivity contribution >= 4 is 52.5 Å². The molecule has 2 heterocycles. The van der Waals surface area contributed by atoms with Gasteiger partial charge in [-0.05, 0) is 62.2 Å². The fourth-order valence-corrected chi connectivity index (χ4v) is 5.36. The number of aromatic nitrogens is 2. The molecule has 10 nitrogen and oxygen atoms in total. The van der Waals surface area contributed by atoms with Gasteiger partial charge >= 0.3 is 6.09 Å². The zero-order valence-electron chi connectivity index (χ0n) is 22.2. The highest BCUT2D eigenvalue weighted by Gasteiger charge is 2.28. The van der Waals surface area contributed by atoms with Crippen LogP contribution in [0.2, 0.25) is 15.1 Å². The Morgan fingerprint density at radius 3 is 2.24 bits per heavy atom. The van der Waals surface area contributed by atoms with Gasteiger partial charge in [0.15, 0.2) is 5.69 Å². The highest BCUT2D eigenvalue weighted by atomic mass is 35.5. The number of nitrogens with one attached hydrogen (secondary N) is 1. The molecule has 1 aliphatic heterocycles. The van der Waals surface area contributed by atoms with Crippen LogP contribution in [-0.2, 0) is 0 Å². The molecule has 0 saturated carbocycles. The van der Waals surface area contributed by atoms with Crippen LogP contribution in [0.5, 0.6) is 5.75 Å².